The summed E-state index contributed by atoms with van der Waals surface area (Å²) in [6.45, 7) is 0.194. The first-order valence-electron chi connectivity index (χ1n) is 3.52. The van der Waals surface area contributed by atoms with Crippen LogP contribution in [-0.4, -0.2) is 0 Å². The topological polar surface area (TPSA) is 66.0 Å². The van der Waals surface area contributed by atoms with Gasteiger partial charge < -0.3 is 9.47 Å². The first-order valence-corrected chi connectivity index (χ1v) is 3.52. The number of nitriles is 2. The van der Waals surface area contributed by atoms with Crippen LogP contribution in [0.25, 0.3) is 0 Å². The molecule has 0 saturated heterocycles. The molecule has 0 fully saturated rings. The highest BCUT2D eigenvalue weighted by atomic mass is 16.5. The lowest BCUT2D eigenvalue weighted by Crippen LogP contribution is -1.88. The van der Waals surface area contributed by atoms with Crippen molar-refractivity contribution in [3.63, 3.8) is 0 Å². The van der Waals surface area contributed by atoms with Gasteiger partial charge in [-0.1, -0.05) is 12.1 Å². The van der Waals surface area contributed by atoms with Gasteiger partial charge in [0, 0.05) is 0 Å². The van der Waals surface area contributed by atoms with Gasteiger partial charge in [-0.2, -0.15) is 5.26 Å². The summed E-state index contributed by atoms with van der Waals surface area (Å²) in [6, 6.07) is 6.80. The summed E-state index contributed by atoms with van der Waals surface area (Å²) in [4.78, 5) is 0. The first-order chi connectivity index (χ1) is 6.36. The second kappa shape index (κ2) is 4.63. The fraction of sp³-hybridized carbons (Fsp3) is 0.111. The molecule has 4 nitrogen and oxygen atoms in total. The molecule has 0 aromatic heterocycles. The van der Waals surface area contributed by atoms with E-state index < -0.39 is 0 Å². The van der Waals surface area contributed by atoms with Crippen LogP contribution < -0.4 is 4.74 Å². The minimum atomic E-state index is 0.194. The Kier molecular flexibility index (Phi) is 3.17. The minimum Gasteiger partial charge on any atom is -0.423 e. The Morgan fingerprint density at radius 2 is 2.08 bits per heavy atom. The van der Waals surface area contributed by atoms with E-state index >= 15 is 0 Å². The lowest BCUT2D eigenvalue weighted by molar-refractivity contribution is 0.257. The van der Waals surface area contributed by atoms with Gasteiger partial charge in [-0.15, -0.1) is 5.26 Å². The minimum absolute atomic E-state index is 0.194. The molecular weight excluding hydrogens is 168 g/mol. The Hall–Kier alpha value is -2.20. The van der Waals surface area contributed by atoms with E-state index in [1.54, 1.807) is 36.8 Å². The fourth-order valence-corrected chi connectivity index (χ4v) is 0.867. The second-order valence-corrected chi connectivity index (χ2v) is 2.22. The van der Waals surface area contributed by atoms with E-state index in [2.05, 4.69) is 9.47 Å². The summed E-state index contributed by atoms with van der Waals surface area (Å²) < 4.78 is 9.11. The third kappa shape index (κ3) is 2.72. The Morgan fingerprint density at radius 3 is 2.77 bits per heavy atom. The molecule has 4 heteroatoms. The van der Waals surface area contributed by atoms with Crippen molar-refractivity contribution in [2.75, 3.05) is 0 Å². The van der Waals surface area contributed by atoms with Crippen LogP contribution in [0.2, 0.25) is 0 Å². The maximum atomic E-state index is 8.23. The van der Waals surface area contributed by atoms with E-state index in [1.807, 2.05) is 0 Å². The quantitative estimate of drug-likeness (QED) is 0.652. The van der Waals surface area contributed by atoms with Crippen LogP contribution in [0, 0.1) is 23.0 Å². The molecule has 0 unspecified atom stereocenters. The summed E-state index contributed by atoms with van der Waals surface area (Å²) >= 11 is 0. The van der Waals surface area contributed by atoms with Crippen LogP contribution in [0.3, 0.4) is 0 Å². The Bertz CT molecular complexity index is 363. The molecule has 0 saturated carbocycles. The predicted octanol–water partition coefficient (Wildman–Crippen LogP) is 1.54. The number of hydrogen-bond donors (Lipinski definition) is 0. The molecule has 0 radical (unpaired) electrons. The van der Waals surface area contributed by atoms with Crippen LogP contribution in [0.1, 0.15) is 5.56 Å². The summed E-state index contributed by atoms with van der Waals surface area (Å²) in [5.41, 5.74) is 0.786. The van der Waals surface area contributed by atoms with Crippen molar-refractivity contribution in [2.24, 2.45) is 0 Å². The average molecular weight is 174 g/mol. The van der Waals surface area contributed by atoms with Crippen molar-refractivity contribution in [1.29, 1.82) is 10.5 Å². The molecule has 0 bridgehead atoms. The Labute approximate surface area is 75.5 Å². The van der Waals surface area contributed by atoms with Gasteiger partial charge in [-0.3, -0.25) is 0 Å². The molecule has 0 aliphatic rings. The summed E-state index contributed by atoms with van der Waals surface area (Å²) in [5.74, 6) is 0.446. The zero-order chi connectivity index (χ0) is 9.52. The number of nitrogens with zero attached hydrogens (tertiary/aromatic N) is 2. The molecule has 64 valence electrons. The monoisotopic (exact) mass is 174 g/mol. The molecule has 0 aliphatic heterocycles. The smallest absolute Gasteiger partial charge is 0.292 e. The molecule has 0 aliphatic carbocycles. The van der Waals surface area contributed by atoms with E-state index in [1.165, 1.54) is 0 Å². The number of benzene rings is 1. The Balaban J connectivity index is 2.70. The SMILES string of the molecule is N#COCc1cccc(OC#N)c1. The second-order valence-electron chi connectivity index (χ2n) is 2.22. The van der Waals surface area contributed by atoms with E-state index in [0.717, 1.165) is 5.56 Å². The highest BCUT2D eigenvalue weighted by molar-refractivity contribution is 5.28. The molecule has 0 heterocycles. The zero-order valence-electron chi connectivity index (χ0n) is 6.73. The third-order valence-corrected chi connectivity index (χ3v) is 1.37. The largest absolute Gasteiger partial charge is 0.423 e. The zero-order valence-corrected chi connectivity index (χ0v) is 6.73. The van der Waals surface area contributed by atoms with Gasteiger partial charge in [0.05, 0.1) is 0 Å². The van der Waals surface area contributed by atoms with Gasteiger partial charge in [-0.05, 0) is 17.7 Å². The summed E-state index contributed by atoms with van der Waals surface area (Å²) in [6.07, 6.45) is 3.12. The average Bonchev–Trinajstić information content (AvgIpc) is 2.16. The van der Waals surface area contributed by atoms with E-state index in [9.17, 15) is 0 Å². The van der Waals surface area contributed by atoms with Crippen LogP contribution in [-0.2, 0) is 11.3 Å². The summed E-state index contributed by atoms with van der Waals surface area (Å²) in [7, 11) is 0. The molecule has 1 rings (SSSR count). The Morgan fingerprint density at radius 1 is 1.23 bits per heavy atom. The molecule has 1 aromatic rings. The standard InChI is InChI=1S/C9H6N2O2/c10-6-12-5-8-2-1-3-9(4-8)13-7-11/h1-4H,5H2. The highest BCUT2D eigenvalue weighted by Gasteiger charge is 1.96. The van der Waals surface area contributed by atoms with E-state index in [4.69, 9.17) is 10.5 Å². The molecular formula is C9H6N2O2. The molecule has 13 heavy (non-hydrogen) atoms. The molecule has 0 amide bonds. The van der Waals surface area contributed by atoms with Crippen molar-refractivity contribution in [3.05, 3.63) is 29.8 Å². The highest BCUT2D eigenvalue weighted by Crippen LogP contribution is 2.13. The van der Waals surface area contributed by atoms with Gasteiger partial charge in [0.1, 0.15) is 12.4 Å². The van der Waals surface area contributed by atoms with Crippen molar-refractivity contribution in [2.45, 2.75) is 6.61 Å². The summed E-state index contributed by atoms with van der Waals surface area (Å²) in [5, 5.41) is 16.4. The maximum Gasteiger partial charge on any atom is 0.292 e. The van der Waals surface area contributed by atoms with Gasteiger partial charge in [-0.25, -0.2) is 0 Å². The number of hydrogen-bond acceptors (Lipinski definition) is 4. The predicted molar refractivity (Wildman–Crippen MR) is 43.1 cm³/mol. The van der Waals surface area contributed by atoms with E-state index in [-0.39, 0.29) is 6.61 Å². The number of ether oxygens (including phenoxy) is 2. The molecule has 1 aromatic carbocycles. The van der Waals surface area contributed by atoms with Gasteiger partial charge in [0.15, 0.2) is 0 Å². The lowest BCUT2D eigenvalue weighted by atomic mass is 10.2. The van der Waals surface area contributed by atoms with Crippen molar-refractivity contribution < 1.29 is 9.47 Å². The molecule has 0 atom stereocenters. The van der Waals surface area contributed by atoms with Gasteiger partial charge in [0.2, 0.25) is 0 Å². The third-order valence-electron chi connectivity index (χ3n) is 1.37. The number of rotatable bonds is 3. The normalized spacial score (nSPS) is 8.15. The maximum absolute atomic E-state index is 8.23. The van der Waals surface area contributed by atoms with Gasteiger partial charge >= 0.3 is 0 Å². The van der Waals surface area contributed by atoms with Crippen LogP contribution >= 0.6 is 0 Å². The first kappa shape index (κ1) is 8.89. The lowest BCUT2D eigenvalue weighted by Gasteiger charge is -1.99. The molecule has 0 spiro atoms. The van der Waals surface area contributed by atoms with Crippen LogP contribution in [0.4, 0.5) is 0 Å². The van der Waals surface area contributed by atoms with Crippen molar-refractivity contribution >= 4 is 0 Å². The van der Waals surface area contributed by atoms with E-state index in [0.29, 0.717) is 5.75 Å². The molecule has 0 N–H and O–H groups in total. The van der Waals surface area contributed by atoms with Crippen LogP contribution in [0.5, 0.6) is 5.75 Å². The van der Waals surface area contributed by atoms with Crippen molar-refractivity contribution in [3.8, 4) is 18.3 Å². The van der Waals surface area contributed by atoms with Crippen LogP contribution in [0.15, 0.2) is 24.3 Å². The van der Waals surface area contributed by atoms with Crippen molar-refractivity contribution in [1.82, 2.24) is 0 Å². The fourth-order valence-electron chi connectivity index (χ4n) is 0.867. The van der Waals surface area contributed by atoms with Gasteiger partial charge in [0.25, 0.3) is 12.5 Å².